The van der Waals surface area contributed by atoms with Crippen LogP contribution in [-0.4, -0.2) is 40.8 Å². The van der Waals surface area contributed by atoms with E-state index in [4.69, 9.17) is 0 Å². The lowest BCUT2D eigenvalue weighted by Gasteiger charge is -2.34. The van der Waals surface area contributed by atoms with Crippen molar-refractivity contribution < 1.29 is 24.6 Å². The smallest absolute Gasteiger partial charge is 0.333 e. The molecule has 0 aliphatic heterocycles. The van der Waals surface area contributed by atoms with Gasteiger partial charge in [-0.2, -0.15) is 1.33 Å². The fraction of sp³-hybridized carbons (Fsp3) is 0.250. The Morgan fingerprint density at radius 1 is 1.03 bits per heavy atom. The van der Waals surface area contributed by atoms with Crippen molar-refractivity contribution in [1.82, 2.24) is 6.64 Å². The molecule has 0 saturated carbocycles. The SMILES string of the molecule is CC(=O)N[C@H](Cc1ccccc1)C(=O)[C@](Cc1ccc(O)cc1)(C(=O)O)N(I)I. The molecule has 3 N–H and O–H groups in total. The quantitative estimate of drug-likeness (QED) is 0.226. The Balaban J connectivity index is 2.47. The van der Waals surface area contributed by atoms with Crippen LogP contribution in [0.1, 0.15) is 18.1 Å². The van der Waals surface area contributed by atoms with Gasteiger partial charge in [0.25, 0.3) is 0 Å². The number of nitrogens with one attached hydrogen (secondary N) is 1. The largest absolute Gasteiger partial charge is 0.508 e. The van der Waals surface area contributed by atoms with E-state index in [-0.39, 0.29) is 18.6 Å². The second kappa shape index (κ2) is 10.3. The number of hydrogen-bond acceptors (Lipinski definition) is 5. The summed E-state index contributed by atoms with van der Waals surface area (Å²) in [5.41, 5.74) is -0.546. The average molecular weight is 622 g/mol. The lowest BCUT2D eigenvalue weighted by molar-refractivity contribution is -0.152. The first-order chi connectivity index (χ1) is 13.7. The minimum Gasteiger partial charge on any atom is -0.508 e. The number of benzene rings is 2. The van der Waals surface area contributed by atoms with Gasteiger partial charge in [0, 0.05) is 59.1 Å². The van der Waals surface area contributed by atoms with E-state index in [1.807, 2.05) is 30.3 Å². The lowest BCUT2D eigenvalue weighted by Crippen LogP contribution is -2.61. The van der Waals surface area contributed by atoms with E-state index in [9.17, 15) is 24.6 Å². The van der Waals surface area contributed by atoms with E-state index in [2.05, 4.69) is 5.32 Å². The molecule has 0 aromatic heterocycles. The summed E-state index contributed by atoms with van der Waals surface area (Å²) < 4.78 is 1.31. The van der Waals surface area contributed by atoms with Crippen molar-refractivity contribution in [3.05, 3.63) is 65.7 Å². The molecule has 2 aromatic rings. The third kappa shape index (κ3) is 5.89. The summed E-state index contributed by atoms with van der Waals surface area (Å²) in [6.07, 6.45) is 0.0448. The van der Waals surface area contributed by atoms with Gasteiger partial charge >= 0.3 is 5.97 Å². The summed E-state index contributed by atoms with van der Waals surface area (Å²) >= 11 is 3.55. The molecule has 9 heteroatoms. The van der Waals surface area contributed by atoms with Crippen molar-refractivity contribution in [2.75, 3.05) is 0 Å². The van der Waals surface area contributed by atoms with Crippen LogP contribution in [0.2, 0.25) is 0 Å². The standard InChI is InChI=1S/C20H20I2N2O5/c1-13(25)23-17(11-14-5-3-2-4-6-14)18(27)20(19(28)29,24(21)22)12-15-7-9-16(26)10-8-15/h2-10,17,26H,11-12H2,1H3,(H,23,25)(H,28,29)/t17-,20-/m1/s1. The van der Waals surface area contributed by atoms with Crippen LogP contribution in [0.5, 0.6) is 5.75 Å². The second-order valence-electron chi connectivity index (χ2n) is 6.55. The minimum atomic E-state index is -1.92. The third-order valence-electron chi connectivity index (χ3n) is 4.42. The van der Waals surface area contributed by atoms with Crippen LogP contribution >= 0.6 is 45.7 Å². The van der Waals surface area contributed by atoms with Crippen LogP contribution < -0.4 is 5.32 Å². The Labute approximate surface area is 196 Å². The van der Waals surface area contributed by atoms with Gasteiger partial charge in [0.05, 0.1) is 6.04 Å². The number of carboxylic acids is 1. The van der Waals surface area contributed by atoms with E-state index in [1.54, 1.807) is 57.9 Å². The molecule has 0 bridgehead atoms. The number of nitrogens with zero attached hydrogens (tertiary/aromatic N) is 1. The maximum Gasteiger partial charge on any atom is 0.333 e. The minimum absolute atomic E-state index is 0.0435. The van der Waals surface area contributed by atoms with Crippen LogP contribution in [0.15, 0.2) is 54.6 Å². The third-order valence-corrected chi connectivity index (χ3v) is 6.07. The molecule has 0 unspecified atom stereocenters. The summed E-state index contributed by atoms with van der Waals surface area (Å²) in [5.74, 6) is -2.32. The molecule has 7 nitrogen and oxygen atoms in total. The Kier molecular flexibility index (Phi) is 8.40. The monoisotopic (exact) mass is 622 g/mol. The number of phenolic OH excluding ortho intramolecular Hbond substituents is 1. The summed E-state index contributed by atoms with van der Waals surface area (Å²) in [6, 6.07) is 14.1. The van der Waals surface area contributed by atoms with E-state index in [0.29, 0.717) is 5.56 Å². The molecule has 0 saturated heterocycles. The first kappa shape index (κ1) is 23.5. The van der Waals surface area contributed by atoms with E-state index in [0.717, 1.165) is 5.56 Å². The first-order valence-electron chi connectivity index (χ1n) is 8.65. The highest BCUT2D eigenvalue weighted by Gasteiger charge is 2.52. The average Bonchev–Trinajstić information content (AvgIpc) is 2.66. The molecule has 0 spiro atoms. The van der Waals surface area contributed by atoms with Crippen LogP contribution in [0.3, 0.4) is 0 Å². The Bertz CT molecular complexity index is 874. The molecule has 0 aliphatic rings. The second-order valence-corrected chi connectivity index (χ2v) is 10.3. The normalized spacial score (nSPS) is 14.1. The molecule has 29 heavy (non-hydrogen) atoms. The Morgan fingerprint density at radius 2 is 1.62 bits per heavy atom. The number of rotatable bonds is 9. The number of ketones is 1. The number of phenols is 1. The molecule has 2 rings (SSSR count). The van der Waals surface area contributed by atoms with Crippen molar-refractivity contribution in [2.45, 2.75) is 31.3 Å². The van der Waals surface area contributed by atoms with Crippen molar-refractivity contribution in [2.24, 2.45) is 0 Å². The molecule has 0 heterocycles. The van der Waals surface area contributed by atoms with Gasteiger partial charge in [-0.05, 0) is 29.7 Å². The van der Waals surface area contributed by atoms with Gasteiger partial charge in [0.2, 0.25) is 11.4 Å². The molecule has 0 aliphatic carbocycles. The summed E-state index contributed by atoms with van der Waals surface area (Å²) in [5, 5.41) is 22.2. The highest BCUT2D eigenvalue weighted by Crippen LogP contribution is 2.32. The van der Waals surface area contributed by atoms with Gasteiger partial charge in [-0.15, -0.1) is 0 Å². The van der Waals surface area contributed by atoms with Crippen LogP contribution in [0.25, 0.3) is 0 Å². The molecule has 2 atom stereocenters. The number of carbonyl (C=O) groups is 3. The zero-order chi connectivity index (χ0) is 21.6. The molecule has 0 radical (unpaired) electrons. The van der Waals surface area contributed by atoms with Gasteiger partial charge in [-0.1, -0.05) is 42.5 Å². The van der Waals surface area contributed by atoms with Crippen molar-refractivity contribution in [3.63, 3.8) is 0 Å². The summed E-state index contributed by atoms with van der Waals surface area (Å²) in [7, 11) is 0. The topological polar surface area (TPSA) is 107 Å². The Hall–Kier alpha value is -1.73. The van der Waals surface area contributed by atoms with Crippen molar-refractivity contribution >= 4 is 63.4 Å². The zero-order valence-corrected chi connectivity index (χ0v) is 19.8. The van der Waals surface area contributed by atoms with Crippen LogP contribution in [0, 0.1) is 0 Å². The maximum absolute atomic E-state index is 13.6. The lowest BCUT2D eigenvalue weighted by atomic mass is 9.82. The van der Waals surface area contributed by atoms with Gasteiger partial charge < -0.3 is 15.5 Å². The molecular formula is C20H20I2N2O5. The molecular weight excluding hydrogens is 602 g/mol. The molecule has 1 amide bonds. The predicted octanol–water partition coefficient (Wildman–Crippen LogP) is 3.08. The highest BCUT2D eigenvalue weighted by atomic mass is 127. The van der Waals surface area contributed by atoms with Crippen LogP contribution in [0.4, 0.5) is 0 Å². The number of aromatic hydroxyl groups is 1. The summed E-state index contributed by atoms with van der Waals surface area (Å²) in [4.78, 5) is 37.7. The fourth-order valence-corrected chi connectivity index (χ4v) is 4.21. The number of amides is 1. The first-order valence-corrected chi connectivity index (χ1v) is 10.6. The Morgan fingerprint density at radius 3 is 2.10 bits per heavy atom. The number of carbonyl (C=O) groups excluding carboxylic acids is 2. The van der Waals surface area contributed by atoms with E-state index in [1.165, 1.54) is 20.4 Å². The van der Waals surface area contributed by atoms with Gasteiger partial charge in [0.15, 0.2) is 5.78 Å². The van der Waals surface area contributed by atoms with Crippen molar-refractivity contribution in [1.29, 1.82) is 0 Å². The highest BCUT2D eigenvalue weighted by molar-refractivity contribution is 14.2. The number of halogens is 2. The van der Waals surface area contributed by atoms with Gasteiger partial charge in [-0.3, -0.25) is 9.59 Å². The number of aliphatic carboxylic acids is 1. The zero-order valence-electron chi connectivity index (χ0n) is 15.5. The molecule has 154 valence electrons. The predicted molar refractivity (Wildman–Crippen MR) is 125 cm³/mol. The van der Waals surface area contributed by atoms with Gasteiger partial charge in [0.1, 0.15) is 5.75 Å². The number of Topliss-reactive ketones (excluding diaryl/α,β-unsaturated/α-hetero) is 1. The molecule has 0 fully saturated rings. The van der Waals surface area contributed by atoms with Gasteiger partial charge in [-0.25, -0.2) is 4.79 Å². The number of carboxylic acid groups (broad SMARTS) is 1. The van der Waals surface area contributed by atoms with E-state index >= 15 is 0 Å². The maximum atomic E-state index is 13.6. The van der Waals surface area contributed by atoms with Crippen molar-refractivity contribution in [3.8, 4) is 5.75 Å². The van der Waals surface area contributed by atoms with Crippen LogP contribution in [-0.2, 0) is 27.2 Å². The van der Waals surface area contributed by atoms with E-state index < -0.39 is 29.2 Å². The number of hydrogen-bond donors (Lipinski definition) is 3. The fourth-order valence-electron chi connectivity index (χ4n) is 2.99. The molecule has 2 aromatic carbocycles. The summed E-state index contributed by atoms with van der Waals surface area (Å²) in [6.45, 7) is 1.29.